The highest BCUT2D eigenvalue weighted by Gasteiger charge is 2.21. The van der Waals surface area contributed by atoms with Gasteiger partial charge in [0.15, 0.2) is 0 Å². The first-order chi connectivity index (χ1) is 6.84. The highest BCUT2D eigenvalue weighted by Crippen LogP contribution is 2.24. The Kier molecular flexibility index (Phi) is 3.82. The fourth-order valence-electron chi connectivity index (χ4n) is 2.84. The minimum Gasteiger partial charge on any atom is -0.316 e. The van der Waals surface area contributed by atoms with Gasteiger partial charge in [-0.25, -0.2) is 0 Å². The lowest BCUT2D eigenvalue weighted by atomic mass is 10.0. The highest BCUT2D eigenvalue weighted by atomic mass is 14.9. The van der Waals surface area contributed by atoms with Gasteiger partial charge in [0.2, 0.25) is 0 Å². The van der Waals surface area contributed by atoms with Crippen LogP contribution in [0, 0.1) is 11.8 Å². The van der Waals surface area contributed by atoms with Crippen LogP contribution < -0.4 is 10.6 Å². The van der Waals surface area contributed by atoms with E-state index in [1.54, 1.807) is 0 Å². The first-order valence-corrected chi connectivity index (χ1v) is 6.28. The fraction of sp³-hybridized carbons (Fsp3) is 1.00. The molecule has 2 aliphatic rings. The summed E-state index contributed by atoms with van der Waals surface area (Å²) in [6.07, 6.45) is 7.01. The maximum atomic E-state index is 3.71. The summed E-state index contributed by atoms with van der Waals surface area (Å²) in [5.74, 6) is 1.90. The van der Waals surface area contributed by atoms with Gasteiger partial charge in [-0.15, -0.1) is 0 Å². The zero-order valence-corrected chi connectivity index (χ0v) is 9.39. The molecule has 0 spiro atoms. The Morgan fingerprint density at radius 3 is 2.86 bits per heavy atom. The molecule has 1 aliphatic heterocycles. The Bertz CT molecular complexity index is 164. The zero-order chi connectivity index (χ0) is 9.80. The van der Waals surface area contributed by atoms with Gasteiger partial charge in [-0.1, -0.05) is 6.92 Å². The standard InChI is InChI=1S/C12H24N2/c1-10-2-3-12(8-10)14-7-5-11-4-6-13-9-11/h10-14H,2-9H2,1H3. The minimum absolute atomic E-state index is 0.833. The SMILES string of the molecule is CC1CCC(NCCC2CCNC2)C1. The first kappa shape index (κ1) is 10.4. The van der Waals surface area contributed by atoms with E-state index in [1.807, 2.05) is 0 Å². The molecule has 1 heterocycles. The molecule has 0 bridgehead atoms. The normalized spacial score (nSPS) is 37.9. The van der Waals surface area contributed by atoms with E-state index in [1.165, 1.54) is 51.7 Å². The van der Waals surface area contributed by atoms with Crippen LogP contribution in [0.5, 0.6) is 0 Å². The van der Waals surface area contributed by atoms with Crippen LogP contribution in [0.2, 0.25) is 0 Å². The third-order valence-electron chi connectivity index (χ3n) is 3.84. The molecule has 0 radical (unpaired) electrons. The molecule has 1 saturated heterocycles. The second-order valence-electron chi connectivity index (χ2n) is 5.22. The predicted octanol–water partition coefficient (Wildman–Crippen LogP) is 1.76. The van der Waals surface area contributed by atoms with Crippen molar-refractivity contribution in [2.75, 3.05) is 19.6 Å². The predicted molar refractivity (Wildman–Crippen MR) is 60.4 cm³/mol. The summed E-state index contributed by atoms with van der Waals surface area (Å²) >= 11 is 0. The first-order valence-electron chi connectivity index (χ1n) is 6.28. The second-order valence-corrected chi connectivity index (χ2v) is 5.22. The molecule has 3 unspecified atom stereocenters. The Labute approximate surface area is 87.8 Å². The van der Waals surface area contributed by atoms with Crippen LogP contribution in [-0.2, 0) is 0 Å². The summed E-state index contributed by atoms with van der Waals surface area (Å²) in [4.78, 5) is 0. The molecule has 2 heteroatoms. The molecule has 0 aromatic rings. The van der Waals surface area contributed by atoms with Crippen LogP contribution in [-0.4, -0.2) is 25.7 Å². The molecular weight excluding hydrogens is 172 g/mol. The van der Waals surface area contributed by atoms with Crippen molar-refractivity contribution < 1.29 is 0 Å². The Morgan fingerprint density at radius 2 is 2.21 bits per heavy atom. The lowest BCUT2D eigenvalue weighted by Crippen LogP contribution is -2.28. The second kappa shape index (κ2) is 5.13. The molecular formula is C12H24N2. The average molecular weight is 196 g/mol. The largest absolute Gasteiger partial charge is 0.316 e. The van der Waals surface area contributed by atoms with Crippen molar-refractivity contribution in [3.05, 3.63) is 0 Å². The quantitative estimate of drug-likeness (QED) is 0.716. The van der Waals surface area contributed by atoms with Gasteiger partial charge in [0, 0.05) is 6.04 Å². The lowest BCUT2D eigenvalue weighted by Gasteiger charge is -2.14. The van der Waals surface area contributed by atoms with E-state index in [0.717, 1.165) is 17.9 Å². The smallest absolute Gasteiger partial charge is 0.00697 e. The third kappa shape index (κ3) is 2.96. The molecule has 2 rings (SSSR count). The molecule has 2 N–H and O–H groups in total. The maximum absolute atomic E-state index is 3.71. The summed E-state index contributed by atoms with van der Waals surface area (Å²) in [7, 11) is 0. The van der Waals surface area contributed by atoms with Crippen LogP contribution in [0.1, 0.15) is 39.0 Å². The van der Waals surface area contributed by atoms with E-state index in [2.05, 4.69) is 17.6 Å². The van der Waals surface area contributed by atoms with Gasteiger partial charge in [0.25, 0.3) is 0 Å². The third-order valence-corrected chi connectivity index (χ3v) is 3.84. The molecule has 0 amide bonds. The van der Waals surface area contributed by atoms with E-state index >= 15 is 0 Å². The molecule has 0 aromatic carbocycles. The average Bonchev–Trinajstić information content (AvgIpc) is 2.77. The Morgan fingerprint density at radius 1 is 1.29 bits per heavy atom. The monoisotopic (exact) mass is 196 g/mol. The zero-order valence-electron chi connectivity index (χ0n) is 9.39. The highest BCUT2D eigenvalue weighted by molar-refractivity contribution is 4.79. The van der Waals surface area contributed by atoms with Gasteiger partial charge in [-0.3, -0.25) is 0 Å². The van der Waals surface area contributed by atoms with Crippen LogP contribution in [0.3, 0.4) is 0 Å². The van der Waals surface area contributed by atoms with Crippen molar-refractivity contribution in [1.82, 2.24) is 10.6 Å². The van der Waals surface area contributed by atoms with Gasteiger partial charge in [-0.2, -0.15) is 0 Å². The topological polar surface area (TPSA) is 24.1 Å². The lowest BCUT2D eigenvalue weighted by molar-refractivity contribution is 0.447. The molecule has 3 atom stereocenters. The van der Waals surface area contributed by atoms with Crippen molar-refractivity contribution in [3.63, 3.8) is 0 Å². The van der Waals surface area contributed by atoms with Crippen LogP contribution in [0.4, 0.5) is 0 Å². The molecule has 1 aliphatic carbocycles. The van der Waals surface area contributed by atoms with Gasteiger partial charge < -0.3 is 10.6 Å². The van der Waals surface area contributed by atoms with Crippen LogP contribution in [0.25, 0.3) is 0 Å². The molecule has 2 fully saturated rings. The summed E-state index contributed by atoms with van der Waals surface area (Å²) < 4.78 is 0. The maximum Gasteiger partial charge on any atom is 0.00697 e. The van der Waals surface area contributed by atoms with Gasteiger partial charge >= 0.3 is 0 Å². The van der Waals surface area contributed by atoms with E-state index in [9.17, 15) is 0 Å². The summed E-state index contributed by atoms with van der Waals surface area (Å²) in [6, 6.07) is 0.833. The summed E-state index contributed by atoms with van der Waals surface area (Å²) in [5.41, 5.74) is 0. The fourth-order valence-corrected chi connectivity index (χ4v) is 2.84. The Hall–Kier alpha value is -0.0800. The van der Waals surface area contributed by atoms with Gasteiger partial charge in [-0.05, 0) is 63.6 Å². The van der Waals surface area contributed by atoms with E-state index in [4.69, 9.17) is 0 Å². The van der Waals surface area contributed by atoms with Crippen LogP contribution >= 0.6 is 0 Å². The van der Waals surface area contributed by atoms with Crippen molar-refractivity contribution in [1.29, 1.82) is 0 Å². The van der Waals surface area contributed by atoms with Crippen molar-refractivity contribution in [2.45, 2.75) is 45.1 Å². The van der Waals surface area contributed by atoms with Crippen molar-refractivity contribution in [3.8, 4) is 0 Å². The Balaban J connectivity index is 1.54. The molecule has 1 saturated carbocycles. The van der Waals surface area contributed by atoms with Gasteiger partial charge in [0.05, 0.1) is 0 Å². The summed E-state index contributed by atoms with van der Waals surface area (Å²) in [6.45, 7) is 6.11. The van der Waals surface area contributed by atoms with E-state index < -0.39 is 0 Å². The van der Waals surface area contributed by atoms with Crippen molar-refractivity contribution >= 4 is 0 Å². The molecule has 2 nitrogen and oxygen atoms in total. The van der Waals surface area contributed by atoms with Crippen LogP contribution in [0.15, 0.2) is 0 Å². The van der Waals surface area contributed by atoms with Gasteiger partial charge in [0.1, 0.15) is 0 Å². The number of nitrogens with one attached hydrogen (secondary N) is 2. The van der Waals surface area contributed by atoms with E-state index in [0.29, 0.717) is 0 Å². The molecule has 82 valence electrons. The minimum atomic E-state index is 0.833. The number of hydrogen-bond donors (Lipinski definition) is 2. The number of rotatable bonds is 4. The van der Waals surface area contributed by atoms with Crippen molar-refractivity contribution in [2.24, 2.45) is 11.8 Å². The van der Waals surface area contributed by atoms with E-state index in [-0.39, 0.29) is 0 Å². The summed E-state index contributed by atoms with van der Waals surface area (Å²) in [5, 5.41) is 7.14. The number of hydrogen-bond acceptors (Lipinski definition) is 2. The molecule has 14 heavy (non-hydrogen) atoms. The molecule has 0 aromatic heterocycles.